The topological polar surface area (TPSA) is 79.3 Å². The number of fused-ring (bicyclic) bond motifs is 1. The number of aliphatic hydroxyl groups is 1. The van der Waals surface area contributed by atoms with Crippen molar-refractivity contribution in [3.63, 3.8) is 0 Å². The second kappa shape index (κ2) is 8.39. The van der Waals surface area contributed by atoms with Crippen molar-refractivity contribution in [2.45, 2.75) is 57.9 Å². The average Bonchev–Trinajstić information content (AvgIpc) is 3.03. The zero-order valence-corrected chi connectivity index (χ0v) is 16.8. The van der Waals surface area contributed by atoms with Gasteiger partial charge in [0.1, 0.15) is 12.2 Å². The van der Waals surface area contributed by atoms with Crippen LogP contribution < -0.4 is 0 Å². The lowest BCUT2D eigenvalue weighted by Gasteiger charge is -2.38. The van der Waals surface area contributed by atoms with Gasteiger partial charge in [-0.1, -0.05) is 30.3 Å². The number of amides is 2. The van der Waals surface area contributed by atoms with Crippen LogP contribution in [0.1, 0.15) is 39.2 Å². The molecule has 0 bridgehead atoms. The summed E-state index contributed by atoms with van der Waals surface area (Å²) in [5.41, 5.74) is 0.386. The number of likely N-dealkylation sites (tertiary alicyclic amines) is 2. The summed E-state index contributed by atoms with van der Waals surface area (Å²) in [6.07, 6.45) is 0.583. The molecular weight excluding hydrogens is 360 g/mol. The highest BCUT2D eigenvalue weighted by molar-refractivity contribution is 5.70. The molecule has 3 atom stereocenters. The van der Waals surface area contributed by atoms with Crippen LogP contribution in [0.5, 0.6) is 0 Å². The van der Waals surface area contributed by atoms with E-state index in [1.54, 1.807) is 9.80 Å². The second-order valence-electron chi connectivity index (χ2n) is 8.56. The smallest absolute Gasteiger partial charge is 0.410 e. The maximum atomic E-state index is 12.7. The Morgan fingerprint density at radius 2 is 1.89 bits per heavy atom. The van der Waals surface area contributed by atoms with Gasteiger partial charge in [0.05, 0.1) is 12.6 Å². The summed E-state index contributed by atoms with van der Waals surface area (Å²) < 4.78 is 11.0. The molecule has 1 aromatic rings. The van der Waals surface area contributed by atoms with Crippen LogP contribution in [-0.4, -0.2) is 64.5 Å². The van der Waals surface area contributed by atoms with Crippen molar-refractivity contribution in [3.8, 4) is 0 Å². The van der Waals surface area contributed by atoms with Crippen LogP contribution in [0.2, 0.25) is 0 Å². The highest BCUT2D eigenvalue weighted by Crippen LogP contribution is 2.36. The summed E-state index contributed by atoms with van der Waals surface area (Å²) in [6, 6.07) is 9.22. The fraction of sp³-hybridized carbons (Fsp3) is 0.619. The molecule has 2 amide bonds. The molecule has 28 heavy (non-hydrogen) atoms. The number of ether oxygens (including phenoxy) is 2. The third-order valence-corrected chi connectivity index (χ3v) is 5.30. The minimum absolute atomic E-state index is 0.0286. The predicted molar refractivity (Wildman–Crippen MR) is 104 cm³/mol. The largest absolute Gasteiger partial charge is 0.445 e. The van der Waals surface area contributed by atoms with Crippen LogP contribution in [0.3, 0.4) is 0 Å². The summed E-state index contributed by atoms with van der Waals surface area (Å²) in [7, 11) is 0. The summed E-state index contributed by atoms with van der Waals surface area (Å²) in [5.74, 6) is 0.114. The zero-order chi connectivity index (χ0) is 20.3. The van der Waals surface area contributed by atoms with Gasteiger partial charge in [0.15, 0.2) is 0 Å². The van der Waals surface area contributed by atoms with Crippen molar-refractivity contribution in [1.29, 1.82) is 0 Å². The number of benzene rings is 1. The van der Waals surface area contributed by atoms with Gasteiger partial charge >= 0.3 is 12.2 Å². The van der Waals surface area contributed by atoms with Crippen molar-refractivity contribution in [1.82, 2.24) is 9.80 Å². The first-order chi connectivity index (χ1) is 13.3. The van der Waals surface area contributed by atoms with Crippen molar-refractivity contribution in [3.05, 3.63) is 35.9 Å². The SMILES string of the molecule is CC(C)(C)OC(=O)N1CC[C@@H]2[C@H](C[C@@H](CO)N2C(=O)OCc2ccccc2)C1. The monoisotopic (exact) mass is 390 g/mol. The maximum Gasteiger partial charge on any atom is 0.410 e. The Morgan fingerprint density at radius 1 is 1.18 bits per heavy atom. The van der Waals surface area contributed by atoms with E-state index in [1.807, 2.05) is 51.1 Å². The first-order valence-corrected chi connectivity index (χ1v) is 9.86. The van der Waals surface area contributed by atoms with Crippen LogP contribution in [0.15, 0.2) is 30.3 Å². The molecule has 0 unspecified atom stereocenters. The minimum Gasteiger partial charge on any atom is -0.445 e. The third kappa shape index (κ3) is 4.76. The Balaban J connectivity index is 1.61. The Kier molecular flexibility index (Phi) is 6.13. The third-order valence-electron chi connectivity index (χ3n) is 5.30. The van der Waals surface area contributed by atoms with Gasteiger partial charge < -0.3 is 19.5 Å². The highest BCUT2D eigenvalue weighted by atomic mass is 16.6. The number of hydrogen-bond donors (Lipinski definition) is 1. The Labute approximate surface area is 166 Å². The lowest BCUT2D eigenvalue weighted by molar-refractivity contribution is 0.00952. The number of nitrogens with zero attached hydrogens (tertiary/aromatic N) is 2. The molecule has 2 saturated heterocycles. The predicted octanol–water partition coefficient (Wildman–Crippen LogP) is 3.02. The van der Waals surface area contributed by atoms with E-state index in [1.165, 1.54) is 0 Å². The number of rotatable bonds is 3. The summed E-state index contributed by atoms with van der Waals surface area (Å²) in [4.78, 5) is 28.5. The molecule has 7 heteroatoms. The number of hydrogen-bond acceptors (Lipinski definition) is 5. The van der Waals surface area contributed by atoms with E-state index in [0.29, 0.717) is 25.9 Å². The van der Waals surface area contributed by atoms with Crippen molar-refractivity contribution >= 4 is 12.2 Å². The van der Waals surface area contributed by atoms with Gasteiger partial charge in [0.25, 0.3) is 0 Å². The van der Waals surface area contributed by atoms with E-state index in [2.05, 4.69) is 0 Å². The first kappa shape index (κ1) is 20.5. The van der Waals surface area contributed by atoms with Crippen molar-refractivity contribution < 1.29 is 24.2 Å². The fourth-order valence-electron chi connectivity index (χ4n) is 4.08. The minimum atomic E-state index is -0.537. The molecule has 7 nitrogen and oxygen atoms in total. The van der Waals surface area contributed by atoms with Gasteiger partial charge in [-0.15, -0.1) is 0 Å². The molecule has 2 aliphatic heterocycles. The van der Waals surface area contributed by atoms with Gasteiger partial charge in [0.2, 0.25) is 0 Å². The van der Waals surface area contributed by atoms with Gasteiger partial charge in [-0.2, -0.15) is 0 Å². The molecule has 0 saturated carbocycles. The number of carbonyl (C=O) groups is 2. The Bertz CT molecular complexity index is 688. The Hall–Kier alpha value is -2.28. The zero-order valence-electron chi connectivity index (χ0n) is 16.8. The normalized spacial score (nSPS) is 24.6. The van der Waals surface area contributed by atoms with E-state index < -0.39 is 11.7 Å². The van der Waals surface area contributed by atoms with Gasteiger partial charge in [-0.05, 0) is 45.1 Å². The molecule has 154 valence electrons. The second-order valence-corrected chi connectivity index (χ2v) is 8.56. The number of carbonyl (C=O) groups excluding carboxylic acids is 2. The molecule has 0 aliphatic carbocycles. The van der Waals surface area contributed by atoms with Crippen LogP contribution in [0.25, 0.3) is 0 Å². The van der Waals surface area contributed by atoms with Crippen LogP contribution >= 0.6 is 0 Å². The van der Waals surface area contributed by atoms with Crippen LogP contribution in [0, 0.1) is 5.92 Å². The summed E-state index contributed by atoms with van der Waals surface area (Å²) in [5, 5.41) is 9.79. The fourth-order valence-corrected chi connectivity index (χ4v) is 4.08. The maximum absolute atomic E-state index is 12.7. The van der Waals surface area contributed by atoms with E-state index in [4.69, 9.17) is 9.47 Å². The van der Waals surface area contributed by atoms with Gasteiger partial charge in [0, 0.05) is 19.1 Å². The molecule has 0 spiro atoms. The lowest BCUT2D eigenvalue weighted by atomic mass is 9.92. The molecule has 1 aromatic carbocycles. The molecule has 1 N–H and O–H groups in total. The molecule has 0 radical (unpaired) electrons. The highest BCUT2D eigenvalue weighted by Gasteiger charge is 2.47. The summed E-state index contributed by atoms with van der Waals surface area (Å²) in [6.45, 7) is 6.68. The molecular formula is C21H30N2O5. The van der Waals surface area contributed by atoms with Crippen LogP contribution in [0.4, 0.5) is 9.59 Å². The van der Waals surface area contributed by atoms with Gasteiger partial charge in [-0.3, -0.25) is 4.90 Å². The molecule has 3 rings (SSSR count). The van der Waals surface area contributed by atoms with Crippen molar-refractivity contribution in [2.75, 3.05) is 19.7 Å². The lowest BCUT2D eigenvalue weighted by Crippen LogP contribution is -2.51. The van der Waals surface area contributed by atoms with Crippen LogP contribution in [-0.2, 0) is 16.1 Å². The van der Waals surface area contributed by atoms with E-state index in [-0.39, 0.29) is 37.3 Å². The van der Waals surface area contributed by atoms with E-state index >= 15 is 0 Å². The summed E-state index contributed by atoms with van der Waals surface area (Å²) >= 11 is 0. The first-order valence-electron chi connectivity index (χ1n) is 9.86. The molecule has 0 aromatic heterocycles. The standard InChI is InChI=1S/C21H30N2O5/c1-21(2,3)28-19(25)22-10-9-18-16(12-22)11-17(13-24)23(18)20(26)27-14-15-7-5-4-6-8-15/h4-8,16-18,24H,9-14H2,1-3H3/t16-,17+,18-/m1/s1. The Morgan fingerprint density at radius 3 is 2.54 bits per heavy atom. The van der Waals surface area contributed by atoms with Crippen molar-refractivity contribution in [2.24, 2.45) is 5.92 Å². The quantitative estimate of drug-likeness (QED) is 0.858. The van der Waals surface area contributed by atoms with E-state index in [9.17, 15) is 14.7 Å². The average molecular weight is 390 g/mol. The van der Waals surface area contributed by atoms with E-state index in [0.717, 1.165) is 5.56 Å². The number of piperidine rings is 1. The molecule has 2 fully saturated rings. The molecule has 2 heterocycles. The molecule has 2 aliphatic rings. The van der Waals surface area contributed by atoms with Gasteiger partial charge in [-0.25, -0.2) is 9.59 Å². The number of aliphatic hydroxyl groups excluding tert-OH is 1.